The van der Waals surface area contributed by atoms with Crippen LogP contribution in [-0.4, -0.2) is 28.4 Å². The number of anilines is 1. The first-order valence-corrected chi connectivity index (χ1v) is 10.0. The monoisotopic (exact) mass is 384 g/mol. The van der Waals surface area contributed by atoms with Crippen molar-refractivity contribution in [3.05, 3.63) is 58.3 Å². The minimum absolute atomic E-state index is 0.0554. The van der Waals surface area contributed by atoms with Gasteiger partial charge >= 0.3 is 0 Å². The Morgan fingerprint density at radius 2 is 2.15 bits per heavy atom. The van der Waals surface area contributed by atoms with Crippen molar-refractivity contribution in [3.8, 4) is 5.75 Å². The molecule has 1 fully saturated rings. The summed E-state index contributed by atoms with van der Waals surface area (Å²) in [5.41, 5.74) is 0.551. The first-order valence-electron chi connectivity index (χ1n) is 9.23. The highest BCUT2D eigenvalue weighted by Gasteiger charge is 2.30. The van der Waals surface area contributed by atoms with Crippen LogP contribution in [0.5, 0.6) is 5.75 Å². The lowest BCUT2D eigenvalue weighted by Crippen LogP contribution is -2.29. The smallest absolute Gasteiger partial charge is 0.265 e. The SMILES string of the molecule is CC/C=C/CC(=O)N1CCC[C@@H]1c1ccc(C(=O)Nc2cccc(O)c2)s1. The Hall–Kier alpha value is -2.60. The Morgan fingerprint density at radius 1 is 1.30 bits per heavy atom. The number of amides is 2. The number of phenols is 1. The van der Waals surface area contributed by atoms with Crippen LogP contribution in [-0.2, 0) is 4.79 Å². The van der Waals surface area contributed by atoms with E-state index < -0.39 is 0 Å². The second-order valence-corrected chi connectivity index (χ2v) is 7.65. The maximum atomic E-state index is 12.5. The van der Waals surface area contributed by atoms with E-state index in [4.69, 9.17) is 0 Å². The molecule has 27 heavy (non-hydrogen) atoms. The number of carbonyl (C=O) groups is 2. The molecule has 1 aliphatic rings. The highest BCUT2D eigenvalue weighted by Crippen LogP contribution is 2.36. The van der Waals surface area contributed by atoms with Crippen molar-refractivity contribution in [1.29, 1.82) is 0 Å². The fourth-order valence-electron chi connectivity index (χ4n) is 3.26. The maximum Gasteiger partial charge on any atom is 0.265 e. The van der Waals surface area contributed by atoms with Crippen molar-refractivity contribution in [2.75, 3.05) is 11.9 Å². The van der Waals surface area contributed by atoms with Gasteiger partial charge in [0.15, 0.2) is 0 Å². The number of thiophene rings is 1. The maximum absolute atomic E-state index is 12.5. The molecule has 6 heteroatoms. The van der Waals surface area contributed by atoms with E-state index in [-0.39, 0.29) is 23.6 Å². The van der Waals surface area contributed by atoms with Gasteiger partial charge in [-0.2, -0.15) is 0 Å². The van der Waals surface area contributed by atoms with E-state index in [0.29, 0.717) is 17.0 Å². The Balaban J connectivity index is 1.68. The highest BCUT2D eigenvalue weighted by molar-refractivity contribution is 7.14. The summed E-state index contributed by atoms with van der Waals surface area (Å²) in [6, 6.07) is 10.3. The molecule has 0 aliphatic carbocycles. The van der Waals surface area contributed by atoms with Gasteiger partial charge in [-0.25, -0.2) is 0 Å². The zero-order chi connectivity index (χ0) is 19.2. The van der Waals surface area contributed by atoms with Crippen molar-refractivity contribution in [2.24, 2.45) is 0 Å². The Kier molecular flexibility index (Phi) is 6.29. The minimum Gasteiger partial charge on any atom is -0.508 e. The van der Waals surface area contributed by atoms with Crippen LogP contribution in [0.3, 0.4) is 0 Å². The largest absolute Gasteiger partial charge is 0.508 e. The molecule has 2 aromatic rings. The minimum atomic E-state index is -0.210. The van der Waals surface area contributed by atoms with Gasteiger partial charge in [-0.3, -0.25) is 9.59 Å². The second-order valence-electron chi connectivity index (χ2n) is 6.54. The highest BCUT2D eigenvalue weighted by atomic mass is 32.1. The van der Waals surface area contributed by atoms with E-state index >= 15 is 0 Å². The average molecular weight is 385 g/mol. The summed E-state index contributed by atoms with van der Waals surface area (Å²) in [4.78, 5) is 28.5. The van der Waals surface area contributed by atoms with Gasteiger partial charge < -0.3 is 15.3 Å². The summed E-state index contributed by atoms with van der Waals surface area (Å²) < 4.78 is 0. The number of benzene rings is 1. The predicted molar refractivity (Wildman–Crippen MR) is 108 cm³/mol. The molecule has 0 spiro atoms. The summed E-state index contributed by atoms with van der Waals surface area (Å²) >= 11 is 1.42. The van der Waals surface area contributed by atoms with E-state index in [1.54, 1.807) is 24.3 Å². The zero-order valence-corrected chi connectivity index (χ0v) is 16.2. The number of nitrogens with one attached hydrogen (secondary N) is 1. The van der Waals surface area contributed by atoms with Crippen LogP contribution in [0.25, 0.3) is 0 Å². The number of carbonyl (C=O) groups excluding carboxylic acids is 2. The van der Waals surface area contributed by atoms with Crippen molar-refractivity contribution in [1.82, 2.24) is 4.90 Å². The number of hydrogen-bond donors (Lipinski definition) is 2. The van der Waals surface area contributed by atoms with Crippen LogP contribution in [0.15, 0.2) is 48.6 Å². The van der Waals surface area contributed by atoms with E-state index in [1.807, 2.05) is 23.1 Å². The first-order chi connectivity index (χ1) is 13.1. The molecule has 1 aliphatic heterocycles. The van der Waals surface area contributed by atoms with Crippen LogP contribution in [0.1, 0.15) is 53.2 Å². The molecule has 0 saturated carbocycles. The quantitative estimate of drug-likeness (QED) is 0.708. The lowest BCUT2D eigenvalue weighted by atomic mass is 10.2. The summed E-state index contributed by atoms with van der Waals surface area (Å²) in [6.45, 7) is 2.82. The summed E-state index contributed by atoms with van der Waals surface area (Å²) in [6.07, 6.45) is 7.21. The number of phenolic OH excluding ortho intramolecular Hbond substituents is 1. The van der Waals surface area contributed by atoms with Crippen LogP contribution in [0.4, 0.5) is 5.69 Å². The molecular formula is C21H24N2O3S. The molecule has 1 saturated heterocycles. The topological polar surface area (TPSA) is 69.6 Å². The van der Waals surface area contributed by atoms with E-state index in [2.05, 4.69) is 12.2 Å². The van der Waals surface area contributed by atoms with Crippen LogP contribution in [0, 0.1) is 0 Å². The third kappa shape index (κ3) is 4.77. The molecule has 3 rings (SSSR count). The van der Waals surface area contributed by atoms with Gasteiger partial charge in [-0.15, -0.1) is 11.3 Å². The number of allylic oxidation sites excluding steroid dienone is 1. The third-order valence-electron chi connectivity index (χ3n) is 4.55. The molecule has 1 atom stereocenters. The molecular weight excluding hydrogens is 360 g/mol. The molecule has 0 unspecified atom stereocenters. The third-order valence-corrected chi connectivity index (χ3v) is 5.74. The molecule has 2 heterocycles. The standard InChI is InChI=1S/C21H24N2O3S/c1-2-3-4-10-20(25)23-13-6-9-17(23)18-11-12-19(27-18)21(26)22-15-7-5-8-16(24)14-15/h3-5,7-8,11-12,14,17,24H,2,6,9-10,13H2,1H3,(H,22,26)/b4-3+/t17-/m1/s1. The lowest BCUT2D eigenvalue weighted by Gasteiger charge is -2.23. The van der Waals surface area contributed by atoms with Crippen LogP contribution >= 0.6 is 11.3 Å². The van der Waals surface area contributed by atoms with E-state index in [0.717, 1.165) is 30.7 Å². The molecule has 1 aromatic heterocycles. The van der Waals surface area contributed by atoms with Crippen molar-refractivity contribution in [3.63, 3.8) is 0 Å². The number of aromatic hydroxyl groups is 1. The van der Waals surface area contributed by atoms with Gasteiger partial charge in [-0.05, 0) is 43.5 Å². The average Bonchev–Trinajstić information content (AvgIpc) is 3.31. The summed E-state index contributed by atoms with van der Waals surface area (Å²) in [5.74, 6) is 0.0388. The number of likely N-dealkylation sites (tertiary alicyclic amines) is 1. The molecule has 1 aromatic carbocycles. The van der Waals surface area contributed by atoms with Gasteiger partial charge in [0.25, 0.3) is 5.91 Å². The normalized spacial score (nSPS) is 16.8. The number of rotatable bonds is 6. The lowest BCUT2D eigenvalue weighted by molar-refractivity contribution is -0.131. The van der Waals surface area contributed by atoms with Crippen molar-refractivity contribution < 1.29 is 14.7 Å². The molecule has 2 amide bonds. The molecule has 142 valence electrons. The van der Waals surface area contributed by atoms with Gasteiger partial charge in [0, 0.05) is 29.6 Å². The molecule has 0 bridgehead atoms. The Bertz CT molecular complexity index is 843. The molecule has 2 N–H and O–H groups in total. The van der Waals surface area contributed by atoms with Gasteiger partial charge in [-0.1, -0.05) is 25.1 Å². The molecule has 5 nitrogen and oxygen atoms in total. The van der Waals surface area contributed by atoms with Crippen LogP contribution < -0.4 is 5.32 Å². The molecule has 0 radical (unpaired) electrons. The summed E-state index contributed by atoms with van der Waals surface area (Å²) in [5, 5.41) is 12.3. The van der Waals surface area contributed by atoms with Crippen LogP contribution in [0.2, 0.25) is 0 Å². The van der Waals surface area contributed by atoms with E-state index in [1.165, 1.54) is 17.4 Å². The Labute approximate surface area is 163 Å². The van der Waals surface area contributed by atoms with E-state index in [9.17, 15) is 14.7 Å². The number of nitrogens with zero attached hydrogens (tertiary/aromatic N) is 1. The van der Waals surface area contributed by atoms with Crippen molar-refractivity contribution >= 4 is 28.8 Å². The predicted octanol–water partition coefficient (Wildman–Crippen LogP) is 4.73. The van der Waals surface area contributed by atoms with Gasteiger partial charge in [0.1, 0.15) is 5.75 Å². The number of hydrogen-bond acceptors (Lipinski definition) is 4. The fourth-order valence-corrected chi connectivity index (χ4v) is 4.31. The Morgan fingerprint density at radius 3 is 2.93 bits per heavy atom. The zero-order valence-electron chi connectivity index (χ0n) is 15.4. The van der Waals surface area contributed by atoms with Gasteiger partial charge in [0.2, 0.25) is 5.91 Å². The summed E-state index contributed by atoms with van der Waals surface area (Å²) in [7, 11) is 0. The fraction of sp³-hybridized carbons (Fsp3) is 0.333. The van der Waals surface area contributed by atoms with Gasteiger partial charge in [0.05, 0.1) is 10.9 Å². The van der Waals surface area contributed by atoms with Crippen molar-refractivity contribution in [2.45, 2.75) is 38.6 Å². The second kappa shape index (κ2) is 8.86. The first kappa shape index (κ1) is 19.2.